The van der Waals surface area contributed by atoms with Crippen molar-refractivity contribution in [3.63, 3.8) is 0 Å². The fourth-order valence-electron chi connectivity index (χ4n) is 2.42. The van der Waals surface area contributed by atoms with E-state index in [2.05, 4.69) is 43.8 Å². The van der Waals surface area contributed by atoms with Crippen LogP contribution in [0, 0.1) is 9.49 Å². The van der Waals surface area contributed by atoms with Crippen LogP contribution < -0.4 is 5.32 Å². The van der Waals surface area contributed by atoms with Crippen LogP contribution in [0.25, 0.3) is 0 Å². The molecule has 2 atom stereocenters. The molecule has 0 aliphatic heterocycles. The lowest BCUT2D eigenvalue weighted by Gasteiger charge is -2.27. The molecule has 1 aliphatic carbocycles. The Labute approximate surface area is 135 Å². The Bertz CT molecular complexity index is 467. The van der Waals surface area contributed by atoms with Gasteiger partial charge in [-0.25, -0.2) is 0 Å². The number of benzene rings is 1. The molecular formula is C14H17BrINO2. The number of rotatable bonds is 3. The SMILES string of the molecule is O=C(NCC1CCCCC1O)c1cc(Br)ccc1I. The molecule has 1 amide bonds. The molecule has 1 fully saturated rings. The Balaban J connectivity index is 1.95. The lowest BCUT2D eigenvalue weighted by atomic mass is 9.86. The van der Waals surface area contributed by atoms with E-state index in [9.17, 15) is 9.90 Å². The normalized spacial score (nSPS) is 23.1. The Morgan fingerprint density at radius 1 is 1.42 bits per heavy atom. The predicted octanol–water partition coefficient (Wildman–Crippen LogP) is 3.33. The zero-order valence-electron chi connectivity index (χ0n) is 10.5. The van der Waals surface area contributed by atoms with Crippen molar-refractivity contribution in [3.8, 4) is 0 Å². The number of aliphatic hydroxyl groups is 1. The smallest absolute Gasteiger partial charge is 0.252 e. The Hall–Kier alpha value is -0.140. The third-order valence-corrected chi connectivity index (χ3v) is 5.00. The number of nitrogens with one attached hydrogen (secondary N) is 1. The van der Waals surface area contributed by atoms with E-state index in [0.717, 1.165) is 33.7 Å². The molecule has 0 heterocycles. The molecule has 1 aliphatic rings. The summed E-state index contributed by atoms with van der Waals surface area (Å²) in [7, 11) is 0. The second-order valence-corrected chi connectivity index (χ2v) is 7.02. The zero-order valence-corrected chi connectivity index (χ0v) is 14.3. The molecule has 0 saturated heterocycles. The quantitative estimate of drug-likeness (QED) is 0.712. The number of halogens is 2. The number of carbonyl (C=O) groups is 1. The summed E-state index contributed by atoms with van der Waals surface area (Å²) in [5, 5.41) is 12.8. The van der Waals surface area contributed by atoms with E-state index in [1.165, 1.54) is 0 Å². The van der Waals surface area contributed by atoms with Gasteiger partial charge in [0.15, 0.2) is 0 Å². The van der Waals surface area contributed by atoms with E-state index in [1.54, 1.807) is 0 Å². The minimum Gasteiger partial charge on any atom is -0.393 e. The van der Waals surface area contributed by atoms with Crippen LogP contribution in [0.4, 0.5) is 0 Å². The van der Waals surface area contributed by atoms with Crippen molar-refractivity contribution in [1.82, 2.24) is 5.32 Å². The highest BCUT2D eigenvalue weighted by atomic mass is 127. The molecule has 1 aromatic rings. The fraction of sp³-hybridized carbons (Fsp3) is 0.500. The number of amides is 1. The second kappa shape index (κ2) is 7.04. The highest BCUT2D eigenvalue weighted by molar-refractivity contribution is 14.1. The first-order chi connectivity index (χ1) is 9.08. The third kappa shape index (κ3) is 4.16. The highest BCUT2D eigenvalue weighted by Gasteiger charge is 2.23. The first kappa shape index (κ1) is 15.3. The van der Waals surface area contributed by atoms with Crippen molar-refractivity contribution in [2.45, 2.75) is 31.8 Å². The van der Waals surface area contributed by atoms with Gasteiger partial charge in [0.05, 0.1) is 11.7 Å². The van der Waals surface area contributed by atoms with E-state index in [1.807, 2.05) is 18.2 Å². The van der Waals surface area contributed by atoms with Crippen LogP contribution in [0.15, 0.2) is 22.7 Å². The molecule has 3 nitrogen and oxygen atoms in total. The maximum absolute atomic E-state index is 12.1. The average Bonchev–Trinajstić information content (AvgIpc) is 2.40. The van der Waals surface area contributed by atoms with Crippen molar-refractivity contribution < 1.29 is 9.90 Å². The molecule has 0 spiro atoms. The number of hydrogen-bond acceptors (Lipinski definition) is 2. The van der Waals surface area contributed by atoms with Crippen LogP contribution in [-0.4, -0.2) is 23.7 Å². The monoisotopic (exact) mass is 437 g/mol. The van der Waals surface area contributed by atoms with Gasteiger partial charge < -0.3 is 10.4 Å². The lowest BCUT2D eigenvalue weighted by molar-refractivity contribution is 0.0662. The van der Waals surface area contributed by atoms with Gasteiger partial charge >= 0.3 is 0 Å². The van der Waals surface area contributed by atoms with E-state index in [-0.39, 0.29) is 17.9 Å². The zero-order chi connectivity index (χ0) is 13.8. The summed E-state index contributed by atoms with van der Waals surface area (Å²) in [6, 6.07) is 5.66. The molecule has 2 N–H and O–H groups in total. The molecule has 5 heteroatoms. The predicted molar refractivity (Wildman–Crippen MR) is 87.2 cm³/mol. The molecular weight excluding hydrogens is 421 g/mol. The maximum atomic E-state index is 12.1. The standard InChI is InChI=1S/C14H17BrINO2/c15-10-5-6-12(16)11(7-10)14(19)17-8-9-3-1-2-4-13(9)18/h5-7,9,13,18H,1-4,8H2,(H,17,19). The van der Waals surface area contributed by atoms with Gasteiger partial charge in [-0.05, 0) is 53.6 Å². The van der Waals surface area contributed by atoms with Crippen LogP contribution in [0.5, 0.6) is 0 Å². The Kier molecular flexibility index (Phi) is 5.65. The van der Waals surface area contributed by atoms with Crippen LogP contribution in [0.3, 0.4) is 0 Å². The first-order valence-electron chi connectivity index (χ1n) is 6.49. The lowest BCUT2D eigenvalue weighted by Crippen LogP contribution is -2.36. The number of hydrogen-bond donors (Lipinski definition) is 2. The minimum atomic E-state index is -0.268. The Morgan fingerprint density at radius 2 is 2.16 bits per heavy atom. The molecule has 1 saturated carbocycles. The van der Waals surface area contributed by atoms with Crippen molar-refractivity contribution in [1.29, 1.82) is 0 Å². The van der Waals surface area contributed by atoms with Gasteiger partial charge in [0.2, 0.25) is 0 Å². The van der Waals surface area contributed by atoms with E-state index in [0.29, 0.717) is 12.1 Å². The molecule has 0 aromatic heterocycles. The first-order valence-corrected chi connectivity index (χ1v) is 8.36. The number of aliphatic hydroxyl groups excluding tert-OH is 1. The third-order valence-electron chi connectivity index (χ3n) is 3.57. The van der Waals surface area contributed by atoms with Crippen LogP contribution in [-0.2, 0) is 0 Å². The molecule has 2 rings (SSSR count). The second-order valence-electron chi connectivity index (χ2n) is 4.95. The summed E-state index contributed by atoms with van der Waals surface area (Å²) >= 11 is 5.54. The minimum absolute atomic E-state index is 0.0662. The summed E-state index contributed by atoms with van der Waals surface area (Å²) in [4.78, 5) is 12.1. The molecule has 2 unspecified atom stereocenters. The molecule has 0 bridgehead atoms. The molecule has 0 radical (unpaired) electrons. The summed E-state index contributed by atoms with van der Waals surface area (Å²) in [5.74, 6) is 0.131. The van der Waals surface area contributed by atoms with Gasteiger partial charge in [-0.2, -0.15) is 0 Å². The highest BCUT2D eigenvalue weighted by Crippen LogP contribution is 2.24. The molecule has 1 aromatic carbocycles. The van der Waals surface area contributed by atoms with Crippen LogP contribution in [0.1, 0.15) is 36.0 Å². The molecule has 19 heavy (non-hydrogen) atoms. The van der Waals surface area contributed by atoms with Gasteiger partial charge in [0, 0.05) is 20.5 Å². The van der Waals surface area contributed by atoms with Crippen molar-refractivity contribution in [2.24, 2.45) is 5.92 Å². The van der Waals surface area contributed by atoms with E-state index in [4.69, 9.17) is 0 Å². The largest absolute Gasteiger partial charge is 0.393 e. The van der Waals surface area contributed by atoms with E-state index < -0.39 is 0 Å². The van der Waals surface area contributed by atoms with Crippen LogP contribution in [0.2, 0.25) is 0 Å². The average molecular weight is 438 g/mol. The summed E-state index contributed by atoms with van der Waals surface area (Å²) in [5.41, 5.74) is 0.681. The Morgan fingerprint density at radius 3 is 2.89 bits per heavy atom. The van der Waals surface area contributed by atoms with Crippen molar-refractivity contribution in [2.75, 3.05) is 6.54 Å². The summed E-state index contributed by atoms with van der Waals surface area (Å²) < 4.78 is 1.83. The molecule has 104 valence electrons. The van der Waals surface area contributed by atoms with Gasteiger partial charge in [-0.1, -0.05) is 28.8 Å². The summed E-state index contributed by atoms with van der Waals surface area (Å²) in [6.07, 6.45) is 3.82. The fourth-order valence-corrected chi connectivity index (χ4v) is 3.36. The van der Waals surface area contributed by atoms with Gasteiger partial charge in [0.1, 0.15) is 0 Å². The van der Waals surface area contributed by atoms with Crippen molar-refractivity contribution >= 4 is 44.4 Å². The van der Waals surface area contributed by atoms with Gasteiger partial charge in [-0.15, -0.1) is 0 Å². The number of carbonyl (C=O) groups excluding carboxylic acids is 1. The van der Waals surface area contributed by atoms with E-state index >= 15 is 0 Å². The van der Waals surface area contributed by atoms with Crippen molar-refractivity contribution in [3.05, 3.63) is 31.8 Å². The van der Waals surface area contributed by atoms with Gasteiger partial charge in [0.25, 0.3) is 5.91 Å². The summed E-state index contributed by atoms with van der Waals surface area (Å²) in [6.45, 7) is 0.558. The van der Waals surface area contributed by atoms with Crippen LogP contribution >= 0.6 is 38.5 Å². The maximum Gasteiger partial charge on any atom is 0.252 e. The van der Waals surface area contributed by atoms with Gasteiger partial charge in [-0.3, -0.25) is 4.79 Å². The topological polar surface area (TPSA) is 49.3 Å².